The van der Waals surface area contributed by atoms with Gasteiger partial charge in [-0.05, 0) is 12.1 Å². The highest BCUT2D eigenvalue weighted by atomic mass is 35.5. The summed E-state index contributed by atoms with van der Waals surface area (Å²) in [5.74, 6) is 0. The highest BCUT2D eigenvalue weighted by Gasteiger charge is 2.08. The normalized spacial score (nSPS) is 11.3. The number of hydrogen-bond donors (Lipinski definition) is 1. The Hall–Kier alpha value is -1.88. The first-order valence-electron chi connectivity index (χ1n) is 4.31. The number of anilines is 1. The molecule has 0 unspecified atom stereocenters. The van der Waals surface area contributed by atoms with Gasteiger partial charge in [0.05, 0.1) is 22.4 Å². The van der Waals surface area contributed by atoms with Crippen LogP contribution in [0.2, 0.25) is 5.02 Å². The van der Waals surface area contributed by atoms with E-state index in [1.165, 1.54) is 0 Å². The molecule has 6 heteroatoms. The first kappa shape index (κ1) is 8.43. The molecule has 1 aromatic carbocycles. The molecule has 3 rings (SSSR count). The van der Waals surface area contributed by atoms with Gasteiger partial charge < -0.3 is 5.73 Å². The van der Waals surface area contributed by atoms with Crippen molar-refractivity contribution < 1.29 is 0 Å². The van der Waals surface area contributed by atoms with E-state index in [9.17, 15) is 0 Å². The molecule has 0 bridgehead atoms. The van der Waals surface area contributed by atoms with Gasteiger partial charge in [0.25, 0.3) is 0 Å². The predicted octanol–water partition coefficient (Wildman–Crippen LogP) is 1.51. The standard InChI is InChI=1S/C9H6ClN5/c10-8-5(11)1-2-6-9(8)14-13-7-3-4-12-15(6)7/h1-4H,11H2. The van der Waals surface area contributed by atoms with Crippen molar-refractivity contribution >= 4 is 34.0 Å². The van der Waals surface area contributed by atoms with Crippen LogP contribution in [0, 0.1) is 0 Å². The van der Waals surface area contributed by atoms with E-state index >= 15 is 0 Å². The van der Waals surface area contributed by atoms with Crippen LogP contribution in [0.15, 0.2) is 24.4 Å². The number of benzene rings is 1. The quantitative estimate of drug-likeness (QED) is 0.582. The molecule has 0 amide bonds. The lowest BCUT2D eigenvalue weighted by molar-refractivity contribution is 0.943. The molecule has 2 heterocycles. The third-order valence-corrected chi connectivity index (χ3v) is 2.63. The summed E-state index contributed by atoms with van der Waals surface area (Å²) < 4.78 is 1.67. The van der Waals surface area contributed by atoms with Crippen molar-refractivity contribution in [1.82, 2.24) is 19.8 Å². The minimum atomic E-state index is 0.414. The van der Waals surface area contributed by atoms with Crippen LogP contribution >= 0.6 is 11.6 Å². The van der Waals surface area contributed by atoms with Crippen molar-refractivity contribution in [2.24, 2.45) is 0 Å². The van der Waals surface area contributed by atoms with Crippen molar-refractivity contribution in [2.75, 3.05) is 5.73 Å². The van der Waals surface area contributed by atoms with E-state index in [1.54, 1.807) is 22.8 Å². The average Bonchev–Trinajstić information content (AvgIpc) is 2.71. The number of aromatic nitrogens is 4. The van der Waals surface area contributed by atoms with Crippen LogP contribution in [-0.4, -0.2) is 19.8 Å². The Morgan fingerprint density at radius 1 is 1.20 bits per heavy atom. The van der Waals surface area contributed by atoms with Crippen LogP contribution in [0.5, 0.6) is 0 Å². The molecule has 2 N–H and O–H groups in total. The van der Waals surface area contributed by atoms with Crippen molar-refractivity contribution in [1.29, 1.82) is 0 Å². The lowest BCUT2D eigenvalue weighted by Crippen LogP contribution is -1.98. The van der Waals surface area contributed by atoms with Gasteiger partial charge in [0.2, 0.25) is 0 Å². The number of rotatable bonds is 0. The van der Waals surface area contributed by atoms with Crippen LogP contribution in [0.3, 0.4) is 0 Å². The molecule has 0 fully saturated rings. The van der Waals surface area contributed by atoms with Gasteiger partial charge in [0.15, 0.2) is 5.65 Å². The van der Waals surface area contributed by atoms with Crippen LogP contribution in [-0.2, 0) is 0 Å². The van der Waals surface area contributed by atoms with Crippen LogP contribution in [0.4, 0.5) is 5.69 Å². The van der Waals surface area contributed by atoms with Crippen molar-refractivity contribution in [3.05, 3.63) is 29.4 Å². The first-order valence-corrected chi connectivity index (χ1v) is 4.69. The van der Waals surface area contributed by atoms with Gasteiger partial charge in [-0.3, -0.25) is 0 Å². The zero-order valence-electron chi connectivity index (χ0n) is 7.55. The van der Waals surface area contributed by atoms with Crippen LogP contribution in [0.1, 0.15) is 0 Å². The zero-order valence-corrected chi connectivity index (χ0v) is 8.31. The summed E-state index contributed by atoms with van der Waals surface area (Å²) in [5.41, 5.74) is 8.21. The molecule has 3 aromatic rings. The molecule has 2 aromatic heterocycles. The summed E-state index contributed by atoms with van der Waals surface area (Å²) in [6, 6.07) is 5.33. The van der Waals surface area contributed by atoms with E-state index in [-0.39, 0.29) is 0 Å². The smallest absolute Gasteiger partial charge is 0.177 e. The van der Waals surface area contributed by atoms with Crippen LogP contribution < -0.4 is 5.73 Å². The summed E-state index contributed by atoms with van der Waals surface area (Å²) in [4.78, 5) is 0. The molecule has 0 spiro atoms. The largest absolute Gasteiger partial charge is 0.397 e. The maximum Gasteiger partial charge on any atom is 0.177 e. The van der Waals surface area contributed by atoms with E-state index in [0.29, 0.717) is 21.9 Å². The minimum Gasteiger partial charge on any atom is -0.397 e. The predicted molar refractivity (Wildman–Crippen MR) is 57.7 cm³/mol. The van der Waals surface area contributed by atoms with Gasteiger partial charge in [0, 0.05) is 6.07 Å². The summed E-state index contributed by atoms with van der Waals surface area (Å²) in [6.07, 6.45) is 1.66. The molecular weight excluding hydrogens is 214 g/mol. The highest BCUT2D eigenvalue weighted by molar-refractivity contribution is 6.37. The fraction of sp³-hybridized carbons (Fsp3) is 0. The highest BCUT2D eigenvalue weighted by Crippen LogP contribution is 2.26. The Kier molecular flexibility index (Phi) is 1.58. The monoisotopic (exact) mass is 219 g/mol. The summed E-state index contributed by atoms with van der Waals surface area (Å²) in [5, 5.41) is 12.5. The maximum absolute atomic E-state index is 6.02. The summed E-state index contributed by atoms with van der Waals surface area (Å²) in [6.45, 7) is 0. The molecule has 0 saturated heterocycles. The molecule has 0 aliphatic carbocycles. The number of nitrogens with zero attached hydrogens (tertiary/aromatic N) is 4. The van der Waals surface area contributed by atoms with Gasteiger partial charge >= 0.3 is 0 Å². The van der Waals surface area contributed by atoms with Crippen molar-refractivity contribution in [3.63, 3.8) is 0 Å². The lowest BCUT2D eigenvalue weighted by atomic mass is 10.3. The molecule has 5 nitrogen and oxygen atoms in total. The average molecular weight is 220 g/mol. The topological polar surface area (TPSA) is 69.1 Å². The Morgan fingerprint density at radius 2 is 2.07 bits per heavy atom. The fourth-order valence-electron chi connectivity index (χ4n) is 1.49. The number of fused-ring (bicyclic) bond motifs is 3. The Labute approximate surface area is 89.5 Å². The van der Waals surface area contributed by atoms with Crippen molar-refractivity contribution in [2.45, 2.75) is 0 Å². The molecule has 0 atom stereocenters. The fourth-order valence-corrected chi connectivity index (χ4v) is 1.69. The van der Waals surface area contributed by atoms with Gasteiger partial charge in [-0.15, -0.1) is 10.2 Å². The third-order valence-electron chi connectivity index (χ3n) is 2.23. The lowest BCUT2D eigenvalue weighted by Gasteiger charge is -2.03. The van der Waals surface area contributed by atoms with E-state index in [4.69, 9.17) is 17.3 Å². The maximum atomic E-state index is 6.02. The Morgan fingerprint density at radius 3 is 2.93 bits per heavy atom. The summed E-state index contributed by atoms with van der Waals surface area (Å²) in [7, 11) is 0. The molecule has 0 radical (unpaired) electrons. The van der Waals surface area contributed by atoms with E-state index in [2.05, 4.69) is 15.3 Å². The third kappa shape index (κ3) is 1.07. The summed E-state index contributed by atoms with van der Waals surface area (Å²) >= 11 is 6.02. The second kappa shape index (κ2) is 2.80. The molecular formula is C9H6ClN5. The second-order valence-corrected chi connectivity index (χ2v) is 3.52. The van der Waals surface area contributed by atoms with Crippen LogP contribution in [0.25, 0.3) is 16.7 Å². The van der Waals surface area contributed by atoms with Gasteiger partial charge in [-0.25, -0.2) is 4.52 Å². The Bertz CT molecular complexity index is 660. The number of nitrogen functional groups attached to an aromatic ring is 1. The Balaban J connectivity index is 2.60. The van der Waals surface area contributed by atoms with E-state index in [0.717, 1.165) is 5.52 Å². The van der Waals surface area contributed by atoms with E-state index in [1.807, 2.05) is 6.07 Å². The molecule has 0 saturated carbocycles. The van der Waals surface area contributed by atoms with Gasteiger partial charge in [-0.2, -0.15) is 5.10 Å². The van der Waals surface area contributed by atoms with E-state index < -0.39 is 0 Å². The zero-order chi connectivity index (χ0) is 10.4. The molecule has 15 heavy (non-hydrogen) atoms. The minimum absolute atomic E-state index is 0.414. The molecule has 74 valence electrons. The second-order valence-electron chi connectivity index (χ2n) is 3.14. The number of nitrogens with two attached hydrogens (primary N) is 1. The number of halogens is 1. The van der Waals surface area contributed by atoms with Gasteiger partial charge in [-0.1, -0.05) is 11.6 Å². The van der Waals surface area contributed by atoms with Crippen molar-refractivity contribution in [3.8, 4) is 0 Å². The van der Waals surface area contributed by atoms with Gasteiger partial charge in [0.1, 0.15) is 5.52 Å². The first-order chi connectivity index (χ1) is 7.27. The molecule has 0 aliphatic rings. The molecule has 0 aliphatic heterocycles. The number of hydrogen-bond acceptors (Lipinski definition) is 4. The SMILES string of the molecule is Nc1ccc2c(nnc3ccnn32)c1Cl.